The molecule has 0 aromatic carbocycles. The molecule has 40 heavy (non-hydrogen) atoms. The number of unbranched alkanes of at least 4 members (excludes halogenated alkanes) is 25. The highest BCUT2D eigenvalue weighted by Gasteiger charge is 1.98. The summed E-state index contributed by atoms with van der Waals surface area (Å²) in [5.74, 6) is -1.32. The highest BCUT2D eigenvalue weighted by Crippen LogP contribution is 2.14. The second kappa shape index (κ2) is 37.7. The molecular formula is C36H70O4. The maximum atomic E-state index is 10.3. The second-order valence-electron chi connectivity index (χ2n) is 11.8. The van der Waals surface area contributed by atoms with E-state index in [1.54, 1.807) is 0 Å². The third-order valence-corrected chi connectivity index (χ3v) is 7.65. The highest BCUT2D eigenvalue weighted by atomic mass is 16.6. The van der Waals surface area contributed by atoms with Gasteiger partial charge in [-0.1, -0.05) is 167 Å². The summed E-state index contributed by atoms with van der Waals surface area (Å²) < 4.78 is 0. The Bertz CT molecular complexity index is 529. The number of rotatable bonds is 31. The van der Waals surface area contributed by atoms with E-state index in [1.807, 2.05) is 0 Å². The summed E-state index contributed by atoms with van der Waals surface area (Å²) in [6.45, 7) is 4.53. The predicted octanol–water partition coefficient (Wildman–Crippen LogP) is 12.4. The summed E-state index contributed by atoms with van der Waals surface area (Å²) in [4.78, 5) is 20.7. The van der Waals surface area contributed by atoms with E-state index in [4.69, 9.17) is 10.2 Å². The molecule has 4 nitrogen and oxygen atoms in total. The summed E-state index contributed by atoms with van der Waals surface area (Å²) in [5, 5.41) is 17.0. The van der Waals surface area contributed by atoms with Crippen LogP contribution in [0.1, 0.15) is 206 Å². The molecule has 0 aliphatic heterocycles. The van der Waals surface area contributed by atoms with Crippen molar-refractivity contribution in [1.82, 2.24) is 0 Å². The molecule has 0 heterocycles. The quantitative estimate of drug-likeness (QED) is 0.0644. The Hall–Kier alpha value is -1.32. The van der Waals surface area contributed by atoms with Gasteiger partial charge in [-0.15, -0.1) is 0 Å². The number of aliphatic carboxylic acids is 2. The molecule has 0 fully saturated rings. The first-order chi connectivity index (χ1) is 19.5. The lowest BCUT2D eigenvalue weighted by Crippen LogP contribution is -1.93. The minimum absolute atomic E-state index is 0.332. The molecule has 0 aromatic rings. The standard InChI is InChI=1S/C18H36O2.C18H34O2/c2*1-2-3-4-5-6-7-8-9-10-11-12-13-14-15-16-17-18(19)20/h2-17H2,1H3,(H,19,20);9-10H,2-8,11-17H2,1H3,(H,19,20)/b;10-9-/i;18+2. The van der Waals surface area contributed by atoms with Gasteiger partial charge in [-0.2, -0.15) is 0 Å². The molecular weight excluding hydrogens is 498 g/mol. The summed E-state index contributed by atoms with van der Waals surface area (Å²) in [6.07, 6.45) is 41.4. The lowest BCUT2D eigenvalue weighted by Gasteiger charge is -2.03. The first-order valence-electron chi connectivity index (χ1n) is 17.6. The van der Waals surface area contributed by atoms with Crippen LogP contribution < -0.4 is 0 Å². The van der Waals surface area contributed by atoms with Gasteiger partial charge in [0, 0.05) is 12.8 Å². The monoisotopic (exact) mass is 569 g/mol. The molecule has 0 rings (SSSR count). The number of hydrogen-bond acceptors (Lipinski definition) is 2. The lowest BCUT2D eigenvalue weighted by atomic mass is 10.0. The van der Waals surface area contributed by atoms with Crippen molar-refractivity contribution in [3.8, 4) is 0 Å². The zero-order valence-electron chi connectivity index (χ0n) is 27.1. The Labute approximate surface area is 250 Å². The van der Waals surface area contributed by atoms with Gasteiger partial charge in [0.2, 0.25) is 0 Å². The molecule has 0 aliphatic rings. The average Bonchev–Trinajstić information content (AvgIpc) is 2.93. The van der Waals surface area contributed by atoms with Crippen LogP contribution in [0.2, 0.25) is 0 Å². The third kappa shape index (κ3) is 43.7. The Balaban J connectivity index is 0. The van der Waals surface area contributed by atoms with Crippen LogP contribution in [0.4, 0.5) is 0 Å². The van der Waals surface area contributed by atoms with E-state index in [2.05, 4.69) is 26.0 Å². The van der Waals surface area contributed by atoms with Crippen LogP contribution in [-0.4, -0.2) is 22.2 Å². The van der Waals surface area contributed by atoms with E-state index in [-0.39, 0.29) is 0 Å². The molecule has 2 N–H and O–H groups in total. The fourth-order valence-electron chi connectivity index (χ4n) is 4.99. The van der Waals surface area contributed by atoms with Crippen LogP contribution in [0.15, 0.2) is 12.2 Å². The molecule has 0 spiro atoms. The van der Waals surface area contributed by atoms with Gasteiger partial charge in [0.15, 0.2) is 0 Å². The largest absolute Gasteiger partial charge is 0.481 e. The van der Waals surface area contributed by atoms with Crippen molar-refractivity contribution >= 4 is 11.9 Å². The van der Waals surface area contributed by atoms with E-state index < -0.39 is 11.9 Å². The number of allylic oxidation sites excluding steroid dienone is 2. The lowest BCUT2D eigenvalue weighted by molar-refractivity contribution is -0.138. The van der Waals surface area contributed by atoms with Crippen molar-refractivity contribution in [3.05, 3.63) is 12.2 Å². The molecule has 0 radical (unpaired) electrons. The Morgan fingerprint density at radius 2 is 0.800 bits per heavy atom. The minimum atomic E-state index is -0.664. The van der Waals surface area contributed by atoms with Gasteiger partial charge in [0.25, 0.3) is 0 Å². The van der Waals surface area contributed by atoms with Crippen LogP contribution in [0, 0.1) is 0 Å². The van der Waals surface area contributed by atoms with E-state index in [0.29, 0.717) is 12.8 Å². The van der Waals surface area contributed by atoms with Gasteiger partial charge < -0.3 is 10.2 Å². The predicted molar refractivity (Wildman–Crippen MR) is 174 cm³/mol. The number of carboxylic acids is 2. The molecule has 4 heteroatoms. The van der Waals surface area contributed by atoms with Crippen molar-refractivity contribution in [1.29, 1.82) is 0 Å². The molecule has 238 valence electrons. The molecule has 0 amide bonds. The van der Waals surface area contributed by atoms with Crippen LogP contribution in [0.3, 0.4) is 0 Å². The van der Waals surface area contributed by atoms with Gasteiger partial charge in [-0.3, -0.25) is 9.59 Å². The zero-order chi connectivity index (χ0) is 29.8. The summed E-state index contributed by atoms with van der Waals surface area (Å²) >= 11 is 0. The Morgan fingerprint density at radius 3 is 1.12 bits per heavy atom. The number of hydrogen-bond donors (Lipinski definition) is 2. The van der Waals surface area contributed by atoms with E-state index >= 15 is 0 Å². The van der Waals surface area contributed by atoms with Gasteiger partial charge in [0.05, 0.1) is 0 Å². The van der Waals surface area contributed by atoms with Crippen LogP contribution >= 0.6 is 0 Å². The van der Waals surface area contributed by atoms with Gasteiger partial charge in [-0.25, -0.2) is 0 Å². The average molecular weight is 569 g/mol. The van der Waals surface area contributed by atoms with Gasteiger partial charge >= 0.3 is 11.9 Å². The molecule has 0 bridgehead atoms. The third-order valence-electron chi connectivity index (χ3n) is 7.65. The van der Waals surface area contributed by atoms with Crippen LogP contribution in [0.5, 0.6) is 0 Å². The fourth-order valence-corrected chi connectivity index (χ4v) is 4.99. The minimum Gasteiger partial charge on any atom is -0.481 e. The van der Waals surface area contributed by atoms with Crippen molar-refractivity contribution in [2.45, 2.75) is 206 Å². The van der Waals surface area contributed by atoms with Crippen molar-refractivity contribution in [3.63, 3.8) is 0 Å². The van der Waals surface area contributed by atoms with Crippen LogP contribution in [-0.2, 0) is 9.59 Å². The molecule has 0 aromatic heterocycles. The zero-order valence-corrected chi connectivity index (χ0v) is 27.1. The fraction of sp³-hybridized carbons (Fsp3) is 0.889. The topological polar surface area (TPSA) is 74.6 Å². The molecule has 0 atom stereocenters. The molecule has 0 saturated carbocycles. The van der Waals surface area contributed by atoms with Crippen molar-refractivity contribution in [2.75, 3.05) is 0 Å². The van der Waals surface area contributed by atoms with E-state index in [9.17, 15) is 9.59 Å². The molecule has 0 aliphatic carbocycles. The Morgan fingerprint density at radius 1 is 0.500 bits per heavy atom. The van der Waals surface area contributed by atoms with Gasteiger partial charge in [-0.05, 0) is 38.5 Å². The van der Waals surface area contributed by atoms with Crippen LogP contribution in [0.25, 0.3) is 0 Å². The van der Waals surface area contributed by atoms with Crippen molar-refractivity contribution < 1.29 is 19.8 Å². The first kappa shape index (κ1) is 40.8. The number of carboxylic acid groups (broad SMARTS) is 2. The molecule has 0 unspecified atom stereocenters. The molecule has 0 saturated heterocycles. The Kier molecular flexibility index (Phi) is 38.5. The van der Waals surface area contributed by atoms with Crippen molar-refractivity contribution in [2.24, 2.45) is 0 Å². The highest BCUT2D eigenvalue weighted by molar-refractivity contribution is 5.66. The number of carbonyl (C=O) groups is 2. The first-order valence-corrected chi connectivity index (χ1v) is 17.6. The smallest absolute Gasteiger partial charge is 0.303 e. The van der Waals surface area contributed by atoms with E-state index in [1.165, 1.54) is 154 Å². The maximum Gasteiger partial charge on any atom is 0.303 e. The summed E-state index contributed by atoms with van der Waals surface area (Å²) in [5.41, 5.74) is 0. The van der Waals surface area contributed by atoms with Gasteiger partial charge in [0.1, 0.15) is 0 Å². The summed E-state index contributed by atoms with van der Waals surface area (Å²) in [7, 11) is 0. The van der Waals surface area contributed by atoms with E-state index in [0.717, 1.165) is 25.7 Å². The SMILES string of the molecule is CCCCCCCC/C=C\CCCCCCC[14C](=O)O.CCCCCCCCCCCCCCCCCC(=O)O. The normalized spacial score (nSPS) is 11.1. The maximum absolute atomic E-state index is 10.3. The summed E-state index contributed by atoms with van der Waals surface area (Å²) in [6, 6.07) is 0. The second-order valence-corrected chi connectivity index (χ2v) is 11.8.